The highest BCUT2D eigenvalue weighted by atomic mass is 35.5. The predicted molar refractivity (Wildman–Crippen MR) is 104 cm³/mol. The summed E-state index contributed by atoms with van der Waals surface area (Å²) in [6, 6.07) is 11.1. The van der Waals surface area contributed by atoms with Gasteiger partial charge in [-0.25, -0.2) is 12.7 Å². The van der Waals surface area contributed by atoms with Gasteiger partial charge in [0.25, 0.3) is 0 Å². The van der Waals surface area contributed by atoms with E-state index in [9.17, 15) is 18.0 Å². The van der Waals surface area contributed by atoms with Gasteiger partial charge in [-0.2, -0.15) is 0 Å². The van der Waals surface area contributed by atoms with Gasteiger partial charge in [0.1, 0.15) is 17.2 Å². The van der Waals surface area contributed by atoms with Gasteiger partial charge < -0.3 is 15.2 Å². The number of Topliss-reactive ketones (excluding diaryl/α,β-unsaturated/α-hetero) is 1. The molecule has 0 aliphatic heterocycles. The normalized spacial score (nSPS) is 10.5. The standard InChI is InChI=1S/C17H18N2O6S.ClH/c1-24-16-9-14(19(11-20)26(2,22)23)17(8-13(16)15(21)10-18)25-12-6-4-3-5-7-12;/h3-9,11H,10,18H2,1-2H3;1H. The highest BCUT2D eigenvalue weighted by Crippen LogP contribution is 2.38. The smallest absolute Gasteiger partial charge is 0.238 e. The molecule has 0 unspecified atom stereocenters. The molecule has 2 aromatic rings. The number of ketones is 1. The molecule has 27 heavy (non-hydrogen) atoms. The second-order valence-corrected chi connectivity index (χ2v) is 7.09. The van der Waals surface area contributed by atoms with E-state index in [4.69, 9.17) is 15.2 Å². The molecule has 1 amide bonds. The monoisotopic (exact) mass is 414 g/mol. The van der Waals surface area contributed by atoms with E-state index in [1.54, 1.807) is 30.3 Å². The molecule has 0 saturated carbocycles. The van der Waals surface area contributed by atoms with Gasteiger partial charge >= 0.3 is 0 Å². The molecular weight excluding hydrogens is 396 g/mol. The van der Waals surface area contributed by atoms with Gasteiger partial charge in [0.15, 0.2) is 11.5 Å². The van der Waals surface area contributed by atoms with Crippen molar-refractivity contribution in [3.63, 3.8) is 0 Å². The maximum absolute atomic E-state index is 12.1. The van der Waals surface area contributed by atoms with E-state index in [2.05, 4.69) is 0 Å². The summed E-state index contributed by atoms with van der Waals surface area (Å²) in [6.45, 7) is -0.274. The molecule has 146 valence electrons. The molecule has 0 fully saturated rings. The number of methoxy groups -OCH3 is 1. The summed E-state index contributed by atoms with van der Waals surface area (Å²) in [5.41, 5.74) is 5.44. The maximum atomic E-state index is 12.1. The number of halogens is 1. The van der Waals surface area contributed by atoms with Gasteiger partial charge in [-0.1, -0.05) is 18.2 Å². The van der Waals surface area contributed by atoms with Crippen LogP contribution in [0.1, 0.15) is 10.4 Å². The number of amides is 1. The van der Waals surface area contributed by atoms with Gasteiger partial charge in [-0.05, 0) is 18.2 Å². The van der Waals surface area contributed by atoms with Crippen LogP contribution < -0.4 is 19.5 Å². The quantitative estimate of drug-likeness (QED) is 0.518. The fourth-order valence-electron chi connectivity index (χ4n) is 2.23. The molecule has 0 aliphatic rings. The van der Waals surface area contributed by atoms with Crippen molar-refractivity contribution >= 4 is 40.3 Å². The number of carbonyl (C=O) groups excluding carboxylic acids is 2. The van der Waals surface area contributed by atoms with Crippen molar-refractivity contribution in [1.82, 2.24) is 0 Å². The van der Waals surface area contributed by atoms with Crippen molar-refractivity contribution in [2.24, 2.45) is 5.73 Å². The first-order valence-electron chi connectivity index (χ1n) is 7.44. The third-order valence-corrected chi connectivity index (χ3v) is 4.43. The largest absolute Gasteiger partial charge is 0.496 e. The molecule has 8 nitrogen and oxygen atoms in total. The Balaban J connectivity index is 0.00000364. The van der Waals surface area contributed by atoms with Gasteiger partial charge in [-0.3, -0.25) is 9.59 Å². The van der Waals surface area contributed by atoms with E-state index < -0.39 is 15.8 Å². The molecule has 10 heteroatoms. The van der Waals surface area contributed by atoms with Crippen molar-refractivity contribution in [2.45, 2.75) is 0 Å². The molecule has 2 aromatic carbocycles. The van der Waals surface area contributed by atoms with Crippen LogP contribution in [-0.2, 0) is 14.8 Å². The molecule has 0 heterocycles. The van der Waals surface area contributed by atoms with E-state index in [1.165, 1.54) is 19.2 Å². The lowest BCUT2D eigenvalue weighted by atomic mass is 10.1. The van der Waals surface area contributed by atoms with Crippen LogP contribution in [0.25, 0.3) is 0 Å². The minimum Gasteiger partial charge on any atom is -0.496 e. The Labute approximate surface area is 163 Å². The first-order chi connectivity index (χ1) is 12.3. The zero-order valence-corrected chi connectivity index (χ0v) is 16.2. The zero-order chi connectivity index (χ0) is 19.3. The Morgan fingerprint density at radius 3 is 2.30 bits per heavy atom. The molecule has 2 N–H and O–H groups in total. The van der Waals surface area contributed by atoms with Crippen LogP contribution in [-0.4, -0.2) is 40.5 Å². The van der Waals surface area contributed by atoms with E-state index in [1.807, 2.05) is 0 Å². The topological polar surface area (TPSA) is 116 Å². The van der Waals surface area contributed by atoms with Crippen molar-refractivity contribution in [3.8, 4) is 17.2 Å². The molecule has 0 saturated heterocycles. The number of benzene rings is 2. The number of hydrogen-bond acceptors (Lipinski definition) is 7. The fraction of sp³-hybridized carbons (Fsp3) is 0.176. The lowest BCUT2D eigenvalue weighted by Gasteiger charge is -2.21. The Morgan fingerprint density at radius 1 is 1.19 bits per heavy atom. The highest BCUT2D eigenvalue weighted by Gasteiger charge is 2.25. The van der Waals surface area contributed by atoms with Crippen LogP contribution in [0, 0.1) is 0 Å². The van der Waals surface area contributed by atoms with Crippen LogP contribution >= 0.6 is 12.4 Å². The molecule has 0 aliphatic carbocycles. The maximum Gasteiger partial charge on any atom is 0.238 e. The van der Waals surface area contributed by atoms with Crippen molar-refractivity contribution in [2.75, 3.05) is 24.2 Å². The molecule has 0 spiro atoms. The van der Waals surface area contributed by atoms with Gasteiger partial charge in [0, 0.05) is 6.07 Å². The van der Waals surface area contributed by atoms with Crippen LogP contribution in [0.2, 0.25) is 0 Å². The Hall–Kier alpha value is -2.62. The minimum absolute atomic E-state index is 0. The number of rotatable bonds is 8. The summed E-state index contributed by atoms with van der Waals surface area (Å²) < 4.78 is 35.3. The second-order valence-electron chi connectivity index (χ2n) is 5.23. The average molecular weight is 415 g/mol. The molecule has 2 rings (SSSR count). The summed E-state index contributed by atoms with van der Waals surface area (Å²) in [5, 5.41) is 0. The van der Waals surface area contributed by atoms with E-state index in [-0.39, 0.29) is 48.1 Å². The van der Waals surface area contributed by atoms with E-state index in [0.29, 0.717) is 10.1 Å². The number of sulfonamides is 1. The summed E-state index contributed by atoms with van der Waals surface area (Å²) >= 11 is 0. The van der Waals surface area contributed by atoms with Crippen LogP contribution in [0.4, 0.5) is 5.69 Å². The van der Waals surface area contributed by atoms with Crippen LogP contribution in [0.5, 0.6) is 17.2 Å². The SMILES string of the molecule is COc1cc(N(C=O)S(C)(=O)=O)c(Oc2ccccc2)cc1C(=O)CN.Cl. The first kappa shape index (κ1) is 22.4. The third kappa shape index (κ3) is 5.19. The lowest BCUT2D eigenvalue weighted by molar-refractivity contribution is -0.106. The van der Waals surface area contributed by atoms with Crippen molar-refractivity contribution < 1.29 is 27.5 Å². The number of nitrogens with zero attached hydrogens (tertiary/aromatic N) is 1. The first-order valence-corrected chi connectivity index (χ1v) is 9.29. The van der Waals surface area contributed by atoms with Gasteiger partial charge in [0.2, 0.25) is 16.4 Å². The van der Waals surface area contributed by atoms with Crippen LogP contribution in [0.15, 0.2) is 42.5 Å². The Kier molecular flexibility index (Phi) is 7.77. The molecule has 0 aromatic heterocycles. The average Bonchev–Trinajstić information content (AvgIpc) is 2.62. The summed E-state index contributed by atoms with van der Waals surface area (Å²) in [5.74, 6) is 0.0328. The number of para-hydroxylation sites is 1. The lowest BCUT2D eigenvalue weighted by Crippen LogP contribution is -2.28. The fourth-order valence-corrected chi connectivity index (χ4v) is 2.89. The van der Waals surface area contributed by atoms with E-state index >= 15 is 0 Å². The van der Waals surface area contributed by atoms with Gasteiger partial charge in [-0.15, -0.1) is 12.4 Å². The van der Waals surface area contributed by atoms with E-state index in [0.717, 1.165) is 6.26 Å². The Bertz CT molecular complexity index is 919. The zero-order valence-electron chi connectivity index (χ0n) is 14.6. The second kappa shape index (κ2) is 9.36. The summed E-state index contributed by atoms with van der Waals surface area (Å²) in [4.78, 5) is 23.5. The molecular formula is C17H19ClN2O6S. The summed E-state index contributed by atoms with van der Waals surface area (Å²) in [7, 11) is -2.61. The molecule has 0 atom stereocenters. The number of anilines is 1. The third-order valence-electron chi connectivity index (χ3n) is 3.43. The number of nitrogens with two attached hydrogens (primary N) is 1. The molecule has 0 bridgehead atoms. The molecule has 0 radical (unpaired) electrons. The highest BCUT2D eigenvalue weighted by molar-refractivity contribution is 7.92. The number of ether oxygens (including phenoxy) is 2. The van der Waals surface area contributed by atoms with Crippen LogP contribution in [0.3, 0.4) is 0 Å². The van der Waals surface area contributed by atoms with Crippen molar-refractivity contribution in [1.29, 1.82) is 0 Å². The van der Waals surface area contributed by atoms with Crippen molar-refractivity contribution in [3.05, 3.63) is 48.0 Å². The number of hydrogen-bond donors (Lipinski definition) is 1. The predicted octanol–water partition coefficient (Wildman–Crippen LogP) is 1.97. The number of carbonyl (C=O) groups is 2. The van der Waals surface area contributed by atoms with Gasteiger partial charge in [0.05, 0.1) is 25.5 Å². The minimum atomic E-state index is -3.93. The Morgan fingerprint density at radius 2 is 1.81 bits per heavy atom. The summed E-state index contributed by atoms with van der Waals surface area (Å²) in [6.07, 6.45) is 1.02.